The van der Waals surface area contributed by atoms with Gasteiger partial charge < -0.3 is 20.4 Å². The number of carboxylic acids is 1. The number of carboxylic acid groups (broad SMARTS) is 1. The van der Waals surface area contributed by atoms with Gasteiger partial charge in [0.25, 0.3) is 0 Å². The lowest BCUT2D eigenvalue weighted by Crippen LogP contribution is -2.37. The molecule has 2 amide bonds. The van der Waals surface area contributed by atoms with Crippen LogP contribution in [0.25, 0.3) is 0 Å². The quantitative estimate of drug-likeness (QED) is 0.752. The van der Waals surface area contributed by atoms with Gasteiger partial charge in [0.05, 0.1) is 12.2 Å². The van der Waals surface area contributed by atoms with Crippen LogP contribution in [0.15, 0.2) is 18.2 Å². The van der Waals surface area contributed by atoms with Crippen LogP contribution in [0, 0.1) is 0 Å². The van der Waals surface area contributed by atoms with E-state index in [0.29, 0.717) is 12.2 Å². The molecule has 0 heterocycles. The third-order valence-corrected chi connectivity index (χ3v) is 2.76. The molecule has 0 saturated heterocycles. The highest BCUT2D eigenvalue weighted by Gasteiger charge is 2.13. The third kappa shape index (κ3) is 4.71. The molecule has 7 heteroatoms. The van der Waals surface area contributed by atoms with E-state index in [1.807, 2.05) is 6.92 Å². The number of benzene rings is 1. The van der Waals surface area contributed by atoms with Crippen molar-refractivity contribution in [2.24, 2.45) is 0 Å². The van der Waals surface area contributed by atoms with Crippen molar-refractivity contribution < 1.29 is 19.8 Å². The maximum atomic E-state index is 12.0. The normalized spacial score (nSPS) is 10.2. The molecule has 0 fully saturated rings. The highest BCUT2D eigenvalue weighted by atomic mass is 35.5. The van der Waals surface area contributed by atoms with Crippen molar-refractivity contribution in [2.75, 3.05) is 25.0 Å². The molecule has 0 atom stereocenters. The summed E-state index contributed by atoms with van der Waals surface area (Å²) in [6.45, 7) is 2.49. The summed E-state index contributed by atoms with van der Waals surface area (Å²) in [5.41, 5.74) is 0.302. The Morgan fingerprint density at radius 1 is 1.30 bits per heavy atom. The van der Waals surface area contributed by atoms with Crippen LogP contribution in [0.1, 0.15) is 23.7 Å². The molecule has 0 aliphatic carbocycles. The number of nitrogens with one attached hydrogen (secondary N) is 1. The summed E-state index contributed by atoms with van der Waals surface area (Å²) in [6, 6.07) is 3.70. The highest BCUT2D eigenvalue weighted by molar-refractivity contribution is 6.31. The van der Waals surface area contributed by atoms with Crippen LogP contribution in [0.2, 0.25) is 5.02 Å². The van der Waals surface area contributed by atoms with Crippen molar-refractivity contribution in [3.63, 3.8) is 0 Å². The van der Waals surface area contributed by atoms with E-state index in [9.17, 15) is 9.59 Å². The van der Waals surface area contributed by atoms with Gasteiger partial charge in [-0.25, -0.2) is 9.59 Å². The fourth-order valence-electron chi connectivity index (χ4n) is 1.69. The smallest absolute Gasteiger partial charge is 0.335 e. The fourth-order valence-corrected chi connectivity index (χ4v) is 1.93. The lowest BCUT2D eigenvalue weighted by Gasteiger charge is -2.21. The van der Waals surface area contributed by atoms with E-state index in [-0.39, 0.29) is 23.7 Å². The van der Waals surface area contributed by atoms with Crippen LogP contribution >= 0.6 is 11.6 Å². The van der Waals surface area contributed by atoms with Crippen molar-refractivity contribution in [3.8, 4) is 0 Å². The van der Waals surface area contributed by atoms with Gasteiger partial charge in [-0.2, -0.15) is 0 Å². The highest BCUT2D eigenvalue weighted by Crippen LogP contribution is 2.19. The molecule has 20 heavy (non-hydrogen) atoms. The minimum absolute atomic E-state index is 0.00278. The number of aromatic carboxylic acids is 1. The predicted molar refractivity (Wildman–Crippen MR) is 76.4 cm³/mol. The molecule has 110 valence electrons. The molecule has 0 saturated carbocycles. The Hall–Kier alpha value is -1.79. The Bertz CT molecular complexity index is 487. The molecule has 3 N–H and O–H groups in total. The molecule has 0 aliphatic rings. The van der Waals surface area contributed by atoms with E-state index < -0.39 is 12.0 Å². The minimum atomic E-state index is -1.12. The molecular formula is C13H17ClN2O4. The Morgan fingerprint density at radius 2 is 2.00 bits per heavy atom. The van der Waals surface area contributed by atoms with E-state index in [1.165, 1.54) is 23.1 Å². The summed E-state index contributed by atoms with van der Waals surface area (Å²) < 4.78 is 0. The molecule has 1 rings (SSSR count). The molecule has 0 spiro atoms. The minimum Gasteiger partial charge on any atom is -0.478 e. The SMILES string of the molecule is CCCN(CCO)C(=O)Nc1cc(Cl)cc(C(=O)O)c1. The van der Waals surface area contributed by atoms with Crippen molar-refractivity contribution in [3.05, 3.63) is 28.8 Å². The van der Waals surface area contributed by atoms with E-state index in [1.54, 1.807) is 0 Å². The van der Waals surface area contributed by atoms with Gasteiger partial charge in [-0.3, -0.25) is 0 Å². The maximum Gasteiger partial charge on any atom is 0.335 e. The molecule has 6 nitrogen and oxygen atoms in total. The number of hydrogen-bond acceptors (Lipinski definition) is 3. The summed E-state index contributed by atoms with van der Waals surface area (Å²) in [5, 5.41) is 20.7. The van der Waals surface area contributed by atoms with Crippen LogP contribution in [-0.4, -0.2) is 46.8 Å². The van der Waals surface area contributed by atoms with Gasteiger partial charge in [-0.15, -0.1) is 0 Å². The van der Waals surface area contributed by atoms with Crippen LogP contribution in [0.5, 0.6) is 0 Å². The Kier molecular flexibility index (Phi) is 6.27. The molecule has 0 aliphatic heterocycles. The summed E-state index contributed by atoms with van der Waals surface area (Å²) in [6.07, 6.45) is 0.753. The third-order valence-electron chi connectivity index (χ3n) is 2.55. The second kappa shape index (κ2) is 7.72. The first kappa shape index (κ1) is 16.3. The topological polar surface area (TPSA) is 89.9 Å². The fraction of sp³-hybridized carbons (Fsp3) is 0.385. The molecule has 0 aromatic heterocycles. The molecule has 1 aromatic carbocycles. The number of amides is 2. The van der Waals surface area contributed by atoms with Gasteiger partial charge in [-0.1, -0.05) is 18.5 Å². The number of rotatable bonds is 6. The molecule has 1 aromatic rings. The Morgan fingerprint density at radius 3 is 2.55 bits per heavy atom. The largest absolute Gasteiger partial charge is 0.478 e. The van der Waals surface area contributed by atoms with E-state index in [4.69, 9.17) is 21.8 Å². The van der Waals surface area contributed by atoms with Gasteiger partial charge in [0.15, 0.2) is 0 Å². The van der Waals surface area contributed by atoms with Crippen molar-refractivity contribution in [1.29, 1.82) is 0 Å². The second-order valence-electron chi connectivity index (χ2n) is 4.17. The lowest BCUT2D eigenvalue weighted by molar-refractivity contribution is 0.0697. The average molecular weight is 301 g/mol. The molecule has 0 bridgehead atoms. The molecular weight excluding hydrogens is 284 g/mol. The summed E-state index contributed by atoms with van der Waals surface area (Å²) >= 11 is 5.81. The monoisotopic (exact) mass is 300 g/mol. The summed E-state index contributed by atoms with van der Waals surface area (Å²) in [7, 11) is 0. The number of carbonyl (C=O) groups is 2. The number of halogens is 1. The standard InChI is InChI=1S/C13H17ClN2O4/c1-2-3-16(4-5-17)13(20)15-11-7-9(12(18)19)6-10(14)8-11/h6-8,17H,2-5H2,1H3,(H,15,20)(H,18,19). The zero-order valence-electron chi connectivity index (χ0n) is 11.1. The van der Waals surface area contributed by atoms with E-state index >= 15 is 0 Å². The van der Waals surface area contributed by atoms with Crippen molar-refractivity contribution in [2.45, 2.75) is 13.3 Å². The number of aliphatic hydroxyl groups excluding tert-OH is 1. The van der Waals surface area contributed by atoms with Crippen molar-refractivity contribution in [1.82, 2.24) is 4.90 Å². The van der Waals surface area contributed by atoms with Gasteiger partial charge in [0, 0.05) is 23.8 Å². The van der Waals surface area contributed by atoms with Crippen LogP contribution in [0.3, 0.4) is 0 Å². The Balaban J connectivity index is 2.85. The number of hydrogen-bond donors (Lipinski definition) is 3. The predicted octanol–water partition coefficient (Wildman–Crippen LogP) is 2.27. The number of anilines is 1. The maximum absolute atomic E-state index is 12.0. The Labute approximate surface area is 122 Å². The first-order chi connectivity index (χ1) is 9.47. The average Bonchev–Trinajstić information content (AvgIpc) is 2.37. The first-order valence-corrected chi connectivity index (χ1v) is 6.56. The van der Waals surface area contributed by atoms with Crippen LogP contribution < -0.4 is 5.32 Å². The number of urea groups is 1. The van der Waals surface area contributed by atoms with Crippen LogP contribution in [0.4, 0.5) is 10.5 Å². The number of carbonyl (C=O) groups excluding carboxylic acids is 1. The summed E-state index contributed by atoms with van der Waals surface area (Å²) in [4.78, 5) is 24.4. The zero-order chi connectivity index (χ0) is 15.1. The van der Waals surface area contributed by atoms with Gasteiger partial charge >= 0.3 is 12.0 Å². The van der Waals surface area contributed by atoms with Crippen molar-refractivity contribution >= 4 is 29.3 Å². The van der Waals surface area contributed by atoms with Gasteiger partial charge in [0.1, 0.15) is 0 Å². The molecule has 0 unspecified atom stereocenters. The molecule has 0 radical (unpaired) electrons. The van der Waals surface area contributed by atoms with Gasteiger partial charge in [-0.05, 0) is 24.6 Å². The zero-order valence-corrected chi connectivity index (χ0v) is 11.9. The number of aliphatic hydroxyl groups is 1. The summed E-state index contributed by atoms with van der Waals surface area (Å²) in [5.74, 6) is -1.12. The number of nitrogens with zero attached hydrogens (tertiary/aromatic N) is 1. The van der Waals surface area contributed by atoms with E-state index in [0.717, 1.165) is 6.42 Å². The first-order valence-electron chi connectivity index (χ1n) is 6.18. The van der Waals surface area contributed by atoms with Gasteiger partial charge in [0.2, 0.25) is 0 Å². The van der Waals surface area contributed by atoms with E-state index in [2.05, 4.69) is 5.32 Å². The van der Waals surface area contributed by atoms with Crippen LogP contribution in [-0.2, 0) is 0 Å². The second-order valence-corrected chi connectivity index (χ2v) is 4.61. The lowest BCUT2D eigenvalue weighted by atomic mass is 10.2.